The van der Waals surface area contributed by atoms with Gasteiger partial charge in [-0.05, 0) is 12.1 Å². The van der Waals surface area contributed by atoms with Gasteiger partial charge in [-0.25, -0.2) is 0 Å². The second kappa shape index (κ2) is 6.85. The zero-order valence-electron chi connectivity index (χ0n) is 13.6. The number of para-hydroxylation sites is 2. The van der Waals surface area contributed by atoms with Crippen LogP contribution in [0.4, 0.5) is 5.82 Å². The number of hydrogen-bond acceptors (Lipinski definition) is 8. The Morgan fingerprint density at radius 1 is 1.20 bits per heavy atom. The largest absolute Gasteiger partial charge is 0.486 e. The summed E-state index contributed by atoms with van der Waals surface area (Å²) in [7, 11) is 0. The molecule has 1 aromatic carbocycles. The fourth-order valence-corrected chi connectivity index (χ4v) is 3.70. The van der Waals surface area contributed by atoms with Gasteiger partial charge in [0.25, 0.3) is 5.91 Å². The number of ether oxygens (including phenoxy) is 2. The van der Waals surface area contributed by atoms with Crippen molar-refractivity contribution in [3.05, 3.63) is 30.0 Å². The van der Waals surface area contributed by atoms with Gasteiger partial charge in [-0.3, -0.25) is 9.69 Å². The Hall–Kier alpha value is -2.39. The molecule has 0 saturated carbocycles. The molecule has 2 aromatic rings. The predicted octanol–water partition coefficient (Wildman–Crippen LogP) is 0.599. The summed E-state index contributed by atoms with van der Waals surface area (Å²) in [4.78, 5) is 15.8. The van der Waals surface area contributed by atoms with E-state index in [4.69, 9.17) is 15.2 Å². The lowest BCUT2D eigenvalue weighted by Gasteiger charge is -2.37. The molecule has 1 saturated heterocycles. The van der Waals surface area contributed by atoms with Gasteiger partial charge in [0.1, 0.15) is 12.7 Å². The van der Waals surface area contributed by atoms with E-state index >= 15 is 0 Å². The first kappa shape index (κ1) is 16.1. The topological polar surface area (TPSA) is 93.8 Å². The second-order valence-electron chi connectivity index (χ2n) is 6.09. The molecule has 0 bridgehead atoms. The summed E-state index contributed by atoms with van der Waals surface area (Å²) in [5.41, 5.74) is 5.62. The summed E-state index contributed by atoms with van der Waals surface area (Å²) in [6.45, 7) is 4.62. The molecule has 3 heterocycles. The number of nitrogens with two attached hydrogens (primary N) is 1. The van der Waals surface area contributed by atoms with Crippen molar-refractivity contribution in [1.29, 1.82) is 0 Å². The van der Waals surface area contributed by atoms with Gasteiger partial charge in [0.2, 0.25) is 0 Å². The highest BCUT2D eigenvalue weighted by Crippen LogP contribution is 2.31. The smallest absolute Gasteiger partial charge is 0.272 e. The number of piperazine rings is 1. The van der Waals surface area contributed by atoms with Crippen LogP contribution < -0.4 is 20.1 Å². The van der Waals surface area contributed by atoms with Crippen LogP contribution in [-0.4, -0.2) is 65.0 Å². The number of nitrogens with zero attached hydrogens (tertiary/aromatic N) is 4. The number of hydrogen-bond donors (Lipinski definition) is 1. The van der Waals surface area contributed by atoms with Gasteiger partial charge < -0.3 is 20.1 Å². The number of benzene rings is 1. The molecule has 0 radical (unpaired) electrons. The van der Waals surface area contributed by atoms with E-state index in [9.17, 15) is 4.79 Å². The lowest BCUT2D eigenvalue weighted by Crippen LogP contribution is -2.51. The number of carbonyl (C=O) groups excluding carboxylic acids is 1. The Bertz CT molecular complexity index is 760. The van der Waals surface area contributed by atoms with E-state index in [0.717, 1.165) is 56.0 Å². The number of anilines is 1. The fraction of sp³-hybridized carbons (Fsp3) is 0.438. The predicted molar refractivity (Wildman–Crippen MR) is 93.4 cm³/mol. The molecular weight excluding hydrogens is 342 g/mol. The van der Waals surface area contributed by atoms with Gasteiger partial charge in [0.15, 0.2) is 23.0 Å². The highest BCUT2D eigenvalue weighted by molar-refractivity contribution is 6.99. The minimum Gasteiger partial charge on any atom is -0.486 e. The van der Waals surface area contributed by atoms with Crippen molar-refractivity contribution in [2.75, 3.05) is 44.2 Å². The maximum Gasteiger partial charge on any atom is 0.272 e. The SMILES string of the molecule is NC(=O)c1nsnc1N1CCN(CC2COc3ccccc3O2)CC1. The van der Waals surface area contributed by atoms with Crippen molar-refractivity contribution < 1.29 is 14.3 Å². The lowest BCUT2D eigenvalue weighted by atomic mass is 10.2. The number of aromatic nitrogens is 2. The number of carbonyl (C=O) groups is 1. The monoisotopic (exact) mass is 361 g/mol. The lowest BCUT2D eigenvalue weighted by molar-refractivity contribution is 0.0571. The summed E-state index contributed by atoms with van der Waals surface area (Å²) in [6, 6.07) is 7.74. The maximum absolute atomic E-state index is 11.4. The Morgan fingerprint density at radius 2 is 1.96 bits per heavy atom. The highest BCUT2D eigenvalue weighted by atomic mass is 32.1. The van der Waals surface area contributed by atoms with Crippen LogP contribution in [-0.2, 0) is 0 Å². The normalized spacial score (nSPS) is 20.5. The third-order valence-electron chi connectivity index (χ3n) is 4.41. The van der Waals surface area contributed by atoms with Crippen molar-refractivity contribution in [3.8, 4) is 11.5 Å². The minimum atomic E-state index is -0.530. The van der Waals surface area contributed by atoms with Gasteiger partial charge in [0, 0.05) is 32.7 Å². The molecule has 8 nitrogen and oxygen atoms in total. The first-order valence-electron chi connectivity index (χ1n) is 8.19. The highest BCUT2D eigenvalue weighted by Gasteiger charge is 2.27. The third kappa shape index (κ3) is 3.38. The van der Waals surface area contributed by atoms with Crippen molar-refractivity contribution in [2.45, 2.75) is 6.10 Å². The summed E-state index contributed by atoms with van der Waals surface area (Å²) in [5, 5.41) is 0. The molecule has 1 atom stereocenters. The van der Waals surface area contributed by atoms with Crippen LogP contribution in [0, 0.1) is 0 Å². The molecule has 0 spiro atoms. The average Bonchev–Trinajstić information content (AvgIpc) is 3.12. The van der Waals surface area contributed by atoms with Crippen LogP contribution >= 0.6 is 11.7 Å². The standard InChI is InChI=1S/C16H19N5O3S/c17-15(22)14-16(19-25-18-14)21-7-5-20(6-8-21)9-11-10-23-12-3-1-2-4-13(12)24-11/h1-4,11H,5-10H2,(H2,17,22). The van der Waals surface area contributed by atoms with Crippen LogP contribution in [0.25, 0.3) is 0 Å². The molecule has 25 heavy (non-hydrogen) atoms. The van der Waals surface area contributed by atoms with E-state index < -0.39 is 5.91 Å². The van der Waals surface area contributed by atoms with Gasteiger partial charge in [-0.15, -0.1) is 0 Å². The third-order valence-corrected chi connectivity index (χ3v) is 4.92. The van der Waals surface area contributed by atoms with Crippen molar-refractivity contribution >= 4 is 23.5 Å². The fourth-order valence-electron chi connectivity index (χ4n) is 3.13. The van der Waals surface area contributed by atoms with E-state index in [1.54, 1.807) is 0 Å². The Morgan fingerprint density at radius 3 is 2.72 bits per heavy atom. The van der Waals surface area contributed by atoms with E-state index in [-0.39, 0.29) is 11.8 Å². The van der Waals surface area contributed by atoms with Crippen LogP contribution in [0.2, 0.25) is 0 Å². The molecule has 9 heteroatoms. The molecule has 1 fully saturated rings. The van der Waals surface area contributed by atoms with Crippen LogP contribution in [0.5, 0.6) is 11.5 Å². The number of fused-ring (bicyclic) bond motifs is 1. The molecule has 2 aliphatic rings. The van der Waals surface area contributed by atoms with Crippen LogP contribution in [0.15, 0.2) is 24.3 Å². The first-order valence-corrected chi connectivity index (χ1v) is 8.92. The maximum atomic E-state index is 11.4. The Balaban J connectivity index is 1.32. The zero-order valence-corrected chi connectivity index (χ0v) is 14.4. The quantitative estimate of drug-likeness (QED) is 0.852. The van der Waals surface area contributed by atoms with E-state index in [0.29, 0.717) is 12.4 Å². The second-order valence-corrected chi connectivity index (χ2v) is 6.61. The van der Waals surface area contributed by atoms with Crippen LogP contribution in [0.1, 0.15) is 10.5 Å². The molecular formula is C16H19N5O3S. The Labute approximate surface area is 149 Å². The summed E-state index contributed by atoms with van der Waals surface area (Å²) in [5.74, 6) is 1.68. The zero-order chi connectivity index (χ0) is 17.2. The number of amides is 1. The molecule has 132 valence electrons. The van der Waals surface area contributed by atoms with E-state index in [1.807, 2.05) is 24.3 Å². The Kier molecular flexibility index (Phi) is 4.41. The summed E-state index contributed by atoms with van der Waals surface area (Å²) >= 11 is 1.02. The van der Waals surface area contributed by atoms with E-state index in [2.05, 4.69) is 18.5 Å². The van der Waals surface area contributed by atoms with E-state index in [1.165, 1.54) is 0 Å². The number of primary amides is 1. The van der Waals surface area contributed by atoms with Crippen molar-refractivity contribution in [2.24, 2.45) is 5.73 Å². The first-order chi connectivity index (χ1) is 12.2. The molecule has 1 aromatic heterocycles. The molecule has 2 N–H and O–H groups in total. The minimum absolute atomic E-state index is 0.0172. The van der Waals surface area contributed by atoms with Gasteiger partial charge >= 0.3 is 0 Å². The molecule has 1 amide bonds. The molecule has 2 aliphatic heterocycles. The molecule has 0 aliphatic carbocycles. The molecule has 4 rings (SSSR count). The van der Waals surface area contributed by atoms with Crippen LogP contribution in [0.3, 0.4) is 0 Å². The van der Waals surface area contributed by atoms with Gasteiger partial charge in [-0.1, -0.05) is 12.1 Å². The van der Waals surface area contributed by atoms with Gasteiger partial charge in [-0.2, -0.15) is 8.75 Å². The van der Waals surface area contributed by atoms with Crippen molar-refractivity contribution in [3.63, 3.8) is 0 Å². The summed E-state index contributed by atoms with van der Waals surface area (Å²) in [6.07, 6.45) is 0.0172. The number of rotatable bonds is 4. The summed E-state index contributed by atoms with van der Waals surface area (Å²) < 4.78 is 20.0. The molecule has 1 unspecified atom stereocenters. The van der Waals surface area contributed by atoms with Crippen molar-refractivity contribution in [1.82, 2.24) is 13.6 Å². The average molecular weight is 361 g/mol. The van der Waals surface area contributed by atoms with Gasteiger partial charge in [0.05, 0.1) is 11.7 Å².